The van der Waals surface area contributed by atoms with Crippen molar-refractivity contribution in [2.24, 2.45) is 17.6 Å². The Labute approximate surface area is 157 Å². The molecular formula is C18H26N4O5. The molecule has 1 atom stereocenters. The normalized spacial score (nSPS) is 20.6. The Morgan fingerprint density at radius 3 is 2.33 bits per heavy atom. The van der Waals surface area contributed by atoms with Crippen LogP contribution in [-0.4, -0.2) is 35.8 Å². The molecule has 1 fully saturated rings. The topological polar surface area (TPSA) is 144 Å². The van der Waals surface area contributed by atoms with Crippen LogP contribution in [0.5, 0.6) is 0 Å². The first-order valence-corrected chi connectivity index (χ1v) is 9.03. The summed E-state index contributed by atoms with van der Waals surface area (Å²) >= 11 is 0. The Hall–Kier alpha value is -2.84. The Bertz CT molecular complexity index is 678. The number of carbonyl (C=O) groups is 4. The molecule has 0 saturated heterocycles. The number of imide groups is 1. The molecule has 0 bridgehead atoms. The van der Waals surface area contributed by atoms with E-state index < -0.39 is 18.0 Å². The lowest BCUT2D eigenvalue weighted by Crippen LogP contribution is -2.53. The minimum Gasteiger partial charge on any atom is -0.459 e. The second-order valence-corrected chi connectivity index (χ2v) is 7.08. The monoisotopic (exact) mass is 378 g/mol. The van der Waals surface area contributed by atoms with Crippen LogP contribution in [0.2, 0.25) is 0 Å². The van der Waals surface area contributed by atoms with Gasteiger partial charge in [0.25, 0.3) is 5.91 Å². The molecule has 148 valence electrons. The molecule has 1 aliphatic carbocycles. The summed E-state index contributed by atoms with van der Waals surface area (Å²) in [7, 11) is 0. The summed E-state index contributed by atoms with van der Waals surface area (Å²) in [6.45, 7) is 3.69. The van der Waals surface area contributed by atoms with Crippen LogP contribution in [0.15, 0.2) is 22.8 Å². The zero-order chi connectivity index (χ0) is 20.0. The van der Waals surface area contributed by atoms with Gasteiger partial charge in [0.1, 0.15) is 6.04 Å². The average molecular weight is 378 g/mol. The number of hydrogen-bond donors (Lipinski definition) is 4. The van der Waals surface area contributed by atoms with Gasteiger partial charge in [0.2, 0.25) is 11.8 Å². The zero-order valence-electron chi connectivity index (χ0n) is 15.5. The van der Waals surface area contributed by atoms with Crippen molar-refractivity contribution in [2.45, 2.75) is 51.6 Å². The van der Waals surface area contributed by atoms with Crippen molar-refractivity contribution < 1.29 is 23.6 Å². The van der Waals surface area contributed by atoms with Crippen molar-refractivity contribution >= 4 is 23.8 Å². The van der Waals surface area contributed by atoms with E-state index >= 15 is 0 Å². The average Bonchev–Trinajstić information content (AvgIpc) is 3.13. The van der Waals surface area contributed by atoms with E-state index in [0.717, 1.165) is 0 Å². The predicted molar refractivity (Wildman–Crippen MR) is 96.4 cm³/mol. The van der Waals surface area contributed by atoms with E-state index in [1.54, 1.807) is 6.07 Å². The van der Waals surface area contributed by atoms with Crippen LogP contribution in [0.1, 0.15) is 50.1 Å². The van der Waals surface area contributed by atoms with Crippen LogP contribution in [0.4, 0.5) is 4.79 Å². The second-order valence-electron chi connectivity index (χ2n) is 7.08. The van der Waals surface area contributed by atoms with Gasteiger partial charge in [-0.25, -0.2) is 4.79 Å². The number of urea groups is 1. The molecule has 1 aromatic heterocycles. The van der Waals surface area contributed by atoms with Crippen LogP contribution >= 0.6 is 0 Å². The smallest absolute Gasteiger partial charge is 0.318 e. The molecule has 9 heteroatoms. The number of carbonyl (C=O) groups excluding carboxylic acids is 4. The highest BCUT2D eigenvalue weighted by Crippen LogP contribution is 2.24. The van der Waals surface area contributed by atoms with Gasteiger partial charge in [-0.2, -0.15) is 0 Å². The number of nitrogens with one attached hydrogen (secondary N) is 3. The number of rotatable bonds is 6. The highest BCUT2D eigenvalue weighted by Gasteiger charge is 2.31. The maximum atomic E-state index is 12.6. The number of amides is 5. The zero-order valence-corrected chi connectivity index (χ0v) is 15.5. The Kier molecular flexibility index (Phi) is 6.98. The first-order valence-electron chi connectivity index (χ1n) is 9.03. The number of furan rings is 1. The van der Waals surface area contributed by atoms with Gasteiger partial charge >= 0.3 is 6.03 Å². The van der Waals surface area contributed by atoms with Gasteiger partial charge in [-0.15, -0.1) is 0 Å². The minimum absolute atomic E-state index is 0.0862. The van der Waals surface area contributed by atoms with Gasteiger partial charge in [-0.1, -0.05) is 13.8 Å². The first-order chi connectivity index (χ1) is 12.8. The quantitative estimate of drug-likeness (QED) is 0.581. The number of primary amides is 1. The first kappa shape index (κ1) is 20.5. The fourth-order valence-electron chi connectivity index (χ4n) is 3.17. The molecule has 9 nitrogen and oxygen atoms in total. The molecule has 1 saturated carbocycles. The van der Waals surface area contributed by atoms with Gasteiger partial charge in [0, 0.05) is 12.0 Å². The van der Waals surface area contributed by atoms with Crippen molar-refractivity contribution in [3.05, 3.63) is 24.2 Å². The van der Waals surface area contributed by atoms with E-state index in [4.69, 9.17) is 10.2 Å². The van der Waals surface area contributed by atoms with Crippen molar-refractivity contribution in [1.29, 1.82) is 0 Å². The molecule has 1 aliphatic rings. The molecule has 1 unspecified atom stereocenters. The van der Waals surface area contributed by atoms with E-state index in [-0.39, 0.29) is 35.5 Å². The summed E-state index contributed by atoms with van der Waals surface area (Å²) in [5.41, 5.74) is 4.96. The Balaban J connectivity index is 1.86. The summed E-state index contributed by atoms with van der Waals surface area (Å²) in [6.07, 6.45) is 3.72. The highest BCUT2D eigenvalue weighted by atomic mass is 16.3. The molecule has 0 aliphatic heterocycles. The third-order valence-electron chi connectivity index (χ3n) is 4.67. The maximum absolute atomic E-state index is 12.6. The SMILES string of the molecule is CC(C)C(NC(=O)c1ccco1)C(=O)NC1CCC(C(=O)NC(N)=O)CC1. The summed E-state index contributed by atoms with van der Waals surface area (Å²) in [5.74, 6) is -1.34. The fourth-order valence-corrected chi connectivity index (χ4v) is 3.17. The molecule has 5 amide bonds. The van der Waals surface area contributed by atoms with Crippen LogP contribution in [0, 0.1) is 11.8 Å². The number of hydrogen-bond acceptors (Lipinski definition) is 5. The number of nitrogens with two attached hydrogens (primary N) is 1. The second kappa shape index (κ2) is 9.20. The molecule has 1 aromatic rings. The van der Waals surface area contributed by atoms with Crippen LogP contribution < -0.4 is 21.7 Å². The van der Waals surface area contributed by atoms with Gasteiger partial charge in [-0.05, 0) is 43.7 Å². The third kappa shape index (κ3) is 5.83. The highest BCUT2D eigenvalue weighted by molar-refractivity contribution is 5.96. The molecule has 2 rings (SSSR count). The van der Waals surface area contributed by atoms with Crippen LogP contribution in [0.3, 0.4) is 0 Å². The van der Waals surface area contributed by atoms with E-state index in [0.29, 0.717) is 25.7 Å². The van der Waals surface area contributed by atoms with Crippen LogP contribution in [0.25, 0.3) is 0 Å². The molecule has 0 radical (unpaired) electrons. The minimum atomic E-state index is -0.859. The lowest BCUT2D eigenvalue weighted by atomic mass is 9.85. The van der Waals surface area contributed by atoms with Crippen molar-refractivity contribution in [3.63, 3.8) is 0 Å². The Morgan fingerprint density at radius 2 is 1.81 bits per heavy atom. The van der Waals surface area contributed by atoms with Crippen molar-refractivity contribution in [3.8, 4) is 0 Å². The molecule has 5 N–H and O–H groups in total. The lowest BCUT2D eigenvalue weighted by molar-refractivity contribution is -0.125. The van der Waals surface area contributed by atoms with Crippen LogP contribution in [-0.2, 0) is 9.59 Å². The molecule has 0 aromatic carbocycles. The van der Waals surface area contributed by atoms with Crippen molar-refractivity contribution in [1.82, 2.24) is 16.0 Å². The molecular weight excluding hydrogens is 352 g/mol. The maximum Gasteiger partial charge on any atom is 0.318 e. The van der Waals surface area contributed by atoms with E-state index in [2.05, 4.69) is 16.0 Å². The van der Waals surface area contributed by atoms with Gasteiger partial charge in [0.15, 0.2) is 5.76 Å². The summed E-state index contributed by atoms with van der Waals surface area (Å²) < 4.78 is 5.05. The predicted octanol–water partition coefficient (Wildman–Crippen LogP) is 0.904. The standard InChI is InChI=1S/C18H26N4O5/c1-10(2)14(21-16(24)13-4-3-9-27-13)17(25)20-12-7-5-11(6-8-12)15(23)22-18(19)26/h3-4,9-12,14H,5-8H2,1-2H3,(H,20,25)(H,21,24)(H3,19,22,23,26). The molecule has 0 spiro atoms. The van der Waals surface area contributed by atoms with E-state index in [1.807, 2.05) is 13.8 Å². The largest absolute Gasteiger partial charge is 0.459 e. The summed E-state index contributed by atoms with van der Waals surface area (Å²) in [4.78, 5) is 47.4. The summed E-state index contributed by atoms with van der Waals surface area (Å²) in [6, 6.07) is 1.49. The van der Waals surface area contributed by atoms with Gasteiger partial charge in [0.05, 0.1) is 6.26 Å². The summed E-state index contributed by atoms with van der Waals surface area (Å²) in [5, 5.41) is 7.73. The van der Waals surface area contributed by atoms with Gasteiger partial charge in [-0.3, -0.25) is 19.7 Å². The third-order valence-corrected chi connectivity index (χ3v) is 4.67. The fraction of sp³-hybridized carbons (Fsp3) is 0.556. The lowest BCUT2D eigenvalue weighted by Gasteiger charge is -2.30. The van der Waals surface area contributed by atoms with E-state index in [1.165, 1.54) is 12.3 Å². The molecule has 1 heterocycles. The van der Waals surface area contributed by atoms with Crippen molar-refractivity contribution in [2.75, 3.05) is 0 Å². The molecule has 27 heavy (non-hydrogen) atoms. The van der Waals surface area contributed by atoms with Gasteiger partial charge < -0.3 is 20.8 Å². The Morgan fingerprint density at radius 1 is 1.15 bits per heavy atom. The van der Waals surface area contributed by atoms with E-state index in [9.17, 15) is 19.2 Å².